The summed E-state index contributed by atoms with van der Waals surface area (Å²) in [5.74, 6) is -0.125. The molecule has 0 bridgehead atoms. The Bertz CT molecular complexity index is 636. The third-order valence-corrected chi connectivity index (χ3v) is 3.82. The minimum absolute atomic E-state index is 0.105. The number of amides is 1. The van der Waals surface area contributed by atoms with Crippen LogP contribution in [0.4, 0.5) is 8.78 Å². The molecular weight excluding hydrogens is 320 g/mol. The molecule has 8 heteroatoms. The molecule has 2 aliphatic heterocycles. The van der Waals surface area contributed by atoms with Gasteiger partial charge in [0.1, 0.15) is 0 Å². The number of hydrogen-bond acceptors (Lipinski definition) is 4. The molecule has 120 valence electrons. The Balaban J connectivity index is 1.83. The van der Waals surface area contributed by atoms with Crippen LogP contribution < -0.4 is 9.47 Å². The summed E-state index contributed by atoms with van der Waals surface area (Å²) in [4.78, 5) is 17.5. The van der Waals surface area contributed by atoms with E-state index in [0.717, 1.165) is 0 Å². The SMILES string of the molecule is CC1(C)CON(Cc2cc3c(cc2Cl)OC(F)(F)CO3)C1=O. The van der Waals surface area contributed by atoms with Crippen LogP contribution in [0.15, 0.2) is 12.1 Å². The van der Waals surface area contributed by atoms with Gasteiger partial charge in [0, 0.05) is 11.1 Å². The summed E-state index contributed by atoms with van der Waals surface area (Å²) in [6, 6.07) is 2.74. The number of hydrogen-bond donors (Lipinski definition) is 0. The largest absolute Gasteiger partial charge is 0.479 e. The zero-order valence-corrected chi connectivity index (χ0v) is 12.7. The molecule has 1 fully saturated rings. The number of halogens is 3. The molecule has 0 aliphatic carbocycles. The van der Waals surface area contributed by atoms with Crippen LogP contribution in [-0.2, 0) is 16.2 Å². The molecule has 0 aromatic heterocycles. The number of alkyl halides is 2. The molecule has 1 saturated heterocycles. The van der Waals surface area contributed by atoms with E-state index >= 15 is 0 Å². The Morgan fingerprint density at radius 3 is 2.64 bits per heavy atom. The van der Waals surface area contributed by atoms with E-state index < -0.39 is 18.1 Å². The maximum atomic E-state index is 13.1. The highest BCUT2D eigenvalue weighted by atomic mass is 35.5. The zero-order valence-electron chi connectivity index (χ0n) is 12.0. The quantitative estimate of drug-likeness (QED) is 0.834. The van der Waals surface area contributed by atoms with Crippen LogP contribution in [0.25, 0.3) is 0 Å². The molecule has 1 aromatic rings. The number of rotatable bonds is 2. The minimum Gasteiger partial charge on any atom is -0.479 e. The van der Waals surface area contributed by atoms with Crippen LogP contribution in [0.5, 0.6) is 11.5 Å². The molecule has 0 unspecified atom stereocenters. The molecule has 1 aromatic carbocycles. The van der Waals surface area contributed by atoms with Gasteiger partial charge in [0.2, 0.25) is 0 Å². The van der Waals surface area contributed by atoms with E-state index in [4.69, 9.17) is 21.2 Å². The van der Waals surface area contributed by atoms with E-state index in [1.54, 1.807) is 13.8 Å². The van der Waals surface area contributed by atoms with E-state index in [2.05, 4.69) is 4.74 Å². The molecule has 0 atom stereocenters. The van der Waals surface area contributed by atoms with E-state index in [-0.39, 0.29) is 35.6 Å². The van der Waals surface area contributed by atoms with Gasteiger partial charge in [0.25, 0.3) is 5.91 Å². The van der Waals surface area contributed by atoms with Crippen molar-refractivity contribution >= 4 is 17.5 Å². The molecule has 2 heterocycles. The fourth-order valence-corrected chi connectivity index (χ4v) is 2.43. The van der Waals surface area contributed by atoms with Gasteiger partial charge in [0.05, 0.1) is 18.6 Å². The van der Waals surface area contributed by atoms with Gasteiger partial charge in [-0.1, -0.05) is 11.6 Å². The third kappa shape index (κ3) is 2.70. The predicted octanol–water partition coefficient (Wildman–Crippen LogP) is 3.00. The normalized spacial score (nSPS) is 22.0. The molecule has 22 heavy (non-hydrogen) atoms. The zero-order chi connectivity index (χ0) is 16.1. The van der Waals surface area contributed by atoms with Crippen molar-refractivity contribution in [1.82, 2.24) is 5.06 Å². The Kier molecular flexibility index (Phi) is 3.45. The molecule has 0 N–H and O–H groups in total. The molecule has 1 amide bonds. The molecular formula is C14H14ClF2NO4. The maximum absolute atomic E-state index is 13.1. The summed E-state index contributed by atoms with van der Waals surface area (Å²) in [6.45, 7) is 3.08. The van der Waals surface area contributed by atoms with E-state index in [9.17, 15) is 13.6 Å². The first-order chi connectivity index (χ1) is 10.2. The second-order valence-electron chi connectivity index (χ2n) is 5.92. The topological polar surface area (TPSA) is 48.0 Å². The van der Waals surface area contributed by atoms with Crippen LogP contribution in [0.3, 0.4) is 0 Å². The van der Waals surface area contributed by atoms with Crippen molar-refractivity contribution in [1.29, 1.82) is 0 Å². The Labute approximate surface area is 130 Å². The lowest BCUT2D eigenvalue weighted by Crippen LogP contribution is -2.36. The summed E-state index contributed by atoms with van der Waals surface area (Å²) in [7, 11) is 0. The third-order valence-electron chi connectivity index (χ3n) is 3.47. The van der Waals surface area contributed by atoms with E-state index in [1.165, 1.54) is 17.2 Å². The number of fused-ring (bicyclic) bond motifs is 1. The maximum Gasteiger partial charge on any atom is 0.433 e. The number of ether oxygens (including phenoxy) is 2. The Morgan fingerprint density at radius 2 is 2.00 bits per heavy atom. The van der Waals surface area contributed by atoms with Crippen molar-refractivity contribution in [3.05, 3.63) is 22.7 Å². The molecule has 0 radical (unpaired) electrons. The lowest BCUT2D eigenvalue weighted by molar-refractivity contribution is -0.208. The van der Waals surface area contributed by atoms with Crippen molar-refractivity contribution in [3.63, 3.8) is 0 Å². The van der Waals surface area contributed by atoms with Crippen LogP contribution in [0, 0.1) is 5.41 Å². The van der Waals surface area contributed by atoms with Gasteiger partial charge < -0.3 is 9.47 Å². The summed E-state index contributed by atoms with van der Waals surface area (Å²) in [5.41, 5.74) is -0.0668. The molecule has 3 rings (SSSR count). The van der Waals surface area contributed by atoms with Gasteiger partial charge in [-0.3, -0.25) is 9.63 Å². The highest BCUT2D eigenvalue weighted by Crippen LogP contribution is 2.41. The number of carbonyl (C=O) groups excluding carboxylic acids is 1. The Hall–Kier alpha value is -1.60. The second kappa shape index (κ2) is 4.96. The van der Waals surface area contributed by atoms with Gasteiger partial charge in [-0.15, -0.1) is 0 Å². The first-order valence-electron chi connectivity index (χ1n) is 6.65. The molecule has 0 spiro atoms. The monoisotopic (exact) mass is 333 g/mol. The average molecular weight is 334 g/mol. The molecule has 5 nitrogen and oxygen atoms in total. The van der Waals surface area contributed by atoms with Crippen molar-refractivity contribution in [3.8, 4) is 11.5 Å². The van der Waals surface area contributed by atoms with Crippen LogP contribution in [0.2, 0.25) is 5.02 Å². The van der Waals surface area contributed by atoms with Crippen molar-refractivity contribution in [2.45, 2.75) is 26.5 Å². The van der Waals surface area contributed by atoms with Crippen molar-refractivity contribution < 1.29 is 27.9 Å². The lowest BCUT2D eigenvalue weighted by atomic mass is 9.95. The van der Waals surface area contributed by atoms with E-state index in [0.29, 0.717) is 5.56 Å². The van der Waals surface area contributed by atoms with Crippen molar-refractivity contribution in [2.75, 3.05) is 13.2 Å². The first kappa shape index (κ1) is 15.3. The second-order valence-corrected chi connectivity index (χ2v) is 6.32. The van der Waals surface area contributed by atoms with Gasteiger partial charge >= 0.3 is 6.11 Å². The summed E-state index contributed by atoms with van der Waals surface area (Å²) in [6.07, 6.45) is -3.38. The number of nitrogens with zero attached hydrogens (tertiary/aromatic N) is 1. The van der Waals surface area contributed by atoms with Crippen LogP contribution in [0.1, 0.15) is 19.4 Å². The fraction of sp³-hybridized carbons (Fsp3) is 0.500. The standard InChI is InChI=1S/C14H14ClF2NO4/c1-13(2)6-21-18(12(13)19)5-8-3-10-11(4-9(8)15)22-14(16,17)7-20-10/h3-4H,5-7H2,1-2H3. The van der Waals surface area contributed by atoms with Gasteiger partial charge in [-0.25, -0.2) is 5.06 Å². The fourth-order valence-electron chi connectivity index (χ4n) is 2.21. The average Bonchev–Trinajstić information content (AvgIpc) is 2.66. The van der Waals surface area contributed by atoms with Gasteiger partial charge in [-0.05, 0) is 25.5 Å². The Morgan fingerprint density at radius 1 is 1.27 bits per heavy atom. The summed E-state index contributed by atoms with van der Waals surface area (Å²) < 4.78 is 35.7. The smallest absolute Gasteiger partial charge is 0.433 e. The number of hydroxylamine groups is 2. The van der Waals surface area contributed by atoms with Crippen molar-refractivity contribution in [2.24, 2.45) is 5.41 Å². The number of benzene rings is 1. The number of carbonyl (C=O) groups is 1. The van der Waals surface area contributed by atoms with Gasteiger partial charge in [-0.2, -0.15) is 8.78 Å². The van der Waals surface area contributed by atoms with Crippen LogP contribution >= 0.6 is 11.6 Å². The summed E-state index contributed by atoms with van der Waals surface area (Å²) in [5, 5.41) is 1.41. The summed E-state index contributed by atoms with van der Waals surface area (Å²) >= 11 is 6.08. The highest BCUT2D eigenvalue weighted by Gasteiger charge is 2.41. The minimum atomic E-state index is -3.38. The van der Waals surface area contributed by atoms with Gasteiger partial charge in [0.15, 0.2) is 18.1 Å². The first-order valence-corrected chi connectivity index (χ1v) is 7.03. The highest BCUT2D eigenvalue weighted by molar-refractivity contribution is 6.31. The predicted molar refractivity (Wildman–Crippen MR) is 72.8 cm³/mol. The lowest BCUT2D eigenvalue weighted by Gasteiger charge is -2.26. The van der Waals surface area contributed by atoms with E-state index in [1.807, 2.05) is 0 Å². The molecule has 0 saturated carbocycles. The molecule has 2 aliphatic rings. The van der Waals surface area contributed by atoms with Crippen LogP contribution in [-0.4, -0.2) is 30.3 Å².